The van der Waals surface area contributed by atoms with E-state index in [9.17, 15) is 0 Å². The highest BCUT2D eigenvalue weighted by Gasteiger charge is 2.17. The first kappa shape index (κ1) is 31.7. The summed E-state index contributed by atoms with van der Waals surface area (Å²) >= 11 is 0. The number of aromatic nitrogens is 2. The second-order valence-electron chi connectivity index (χ2n) is 12.9. The molecule has 244 valence electrons. The Balaban J connectivity index is 1.16. The molecule has 1 atom stereocenters. The Morgan fingerprint density at radius 1 is 0.667 bits per heavy atom. The zero-order chi connectivity index (χ0) is 34.6. The molecule has 51 heavy (non-hydrogen) atoms. The summed E-state index contributed by atoms with van der Waals surface area (Å²) < 4.78 is 6.19. The van der Waals surface area contributed by atoms with Gasteiger partial charge in [-0.2, -0.15) is 0 Å². The Bertz CT molecular complexity index is 2360. The van der Waals surface area contributed by atoms with Crippen molar-refractivity contribution in [2.75, 3.05) is 0 Å². The van der Waals surface area contributed by atoms with Crippen LogP contribution < -0.4 is 4.74 Å². The van der Waals surface area contributed by atoms with E-state index in [4.69, 9.17) is 14.7 Å². The van der Waals surface area contributed by atoms with Crippen molar-refractivity contribution in [2.24, 2.45) is 0 Å². The highest BCUT2D eigenvalue weighted by atomic mass is 16.5. The van der Waals surface area contributed by atoms with Gasteiger partial charge in [0, 0.05) is 22.3 Å². The zero-order valence-corrected chi connectivity index (χ0v) is 28.7. The van der Waals surface area contributed by atoms with Gasteiger partial charge in [0.2, 0.25) is 0 Å². The number of fused-ring (bicyclic) bond motifs is 1. The first-order valence-electron chi connectivity index (χ1n) is 17.4. The third kappa shape index (κ3) is 6.86. The molecule has 3 nitrogen and oxygen atoms in total. The summed E-state index contributed by atoms with van der Waals surface area (Å²) in [6.07, 6.45) is 9.22. The summed E-state index contributed by atoms with van der Waals surface area (Å²) in [5.74, 6) is 0.939. The number of rotatable bonds is 6. The van der Waals surface area contributed by atoms with Gasteiger partial charge in [0.15, 0.2) is 0 Å². The lowest BCUT2D eigenvalue weighted by Gasteiger charge is -2.14. The molecule has 0 spiro atoms. The van der Waals surface area contributed by atoms with Crippen molar-refractivity contribution >= 4 is 5.57 Å². The van der Waals surface area contributed by atoms with Gasteiger partial charge < -0.3 is 4.74 Å². The number of allylic oxidation sites excluding steroid dienone is 3. The monoisotopic (exact) mass is 656 g/mol. The minimum atomic E-state index is -0.0316. The number of ether oxygens (including phenoxy) is 1. The van der Waals surface area contributed by atoms with Gasteiger partial charge in [-0.05, 0) is 83.5 Å². The maximum Gasteiger partial charge on any atom is 0.123 e. The summed E-state index contributed by atoms with van der Waals surface area (Å²) in [6.45, 7) is 4.21. The van der Waals surface area contributed by atoms with E-state index in [0.29, 0.717) is 0 Å². The van der Waals surface area contributed by atoms with Crippen LogP contribution in [0.4, 0.5) is 0 Å². The van der Waals surface area contributed by atoms with Gasteiger partial charge in [0.25, 0.3) is 0 Å². The maximum absolute atomic E-state index is 6.19. The van der Waals surface area contributed by atoms with Crippen molar-refractivity contribution in [3.05, 3.63) is 193 Å². The van der Waals surface area contributed by atoms with E-state index in [1.165, 1.54) is 16.7 Å². The number of para-hydroxylation sites is 1. The fourth-order valence-electron chi connectivity index (χ4n) is 6.60. The van der Waals surface area contributed by atoms with Gasteiger partial charge >= 0.3 is 0 Å². The minimum Gasteiger partial charge on any atom is -0.486 e. The lowest BCUT2D eigenvalue weighted by molar-refractivity contribution is 0.268. The molecule has 0 saturated heterocycles. The molecule has 0 fully saturated rings. The number of nitrogens with zero attached hydrogens (tertiary/aromatic N) is 2. The van der Waals surface area contributed by atoms with E-state index in [1.54, 1.807) is 0 Å². The molecule has 6 aromatic carbocycles. The second kappa shape index (κ2) is 14.2. The normalized spacial score (nSPS) is 13.8. The van der Waals surface area contributed by atoms with E-state index >= 15 is 0 Å². The summed E-state index contributed by atoms with van der Waals surface area (Å²) in [5.41, 5.74) is 14.7. The van der Waals surface area contributed by atoms with Crippen LogP contribution in [0.15, 0.2) is 164 Å². The van der Waals surface area contributed by atoms with Crippen LogP contribution in [0.25, 0.3) is 61.6 Å². The van der Waals surface area contributed by atoms with Crippen molar-refractivity contribution < 1.29 is 4.74 Å². The van der Waals surface area contributed by atoms with Crippen molar-refractivity contribution in [3.8, 4) is 61.8 Å². The fraction of sp³-hybridized carbons (Fsp3) is 0.0833. The van der Waals surface area contributed by atoms with Crippen molar-refractivity contribution in [3.63, 3.8) is 0 Å². The second-order valence-corrected chi connectivity index (χ2v) is 12.9. The highest BCUT2D eigenvalue weighted by molar-refractivity contribution is 5.84. The molecule has 1 aliphatic rings. The van der Waals surface area contributed by atoms with E-state index in [0.717, 1.165) is 73.8 Å². The topological polar surface area (TPSA) is 35.0 Å². The third-order valence-electron chi connectivity index (χ3n) is 9.37. The molecule has 1 aliphatic heterocycles. The van der Waals surface area contributed by atoms with Crippen LogP contribution in [0.1, 0.15) is 23.6 Å². The molecule has 0 saturated carbocycles. The summed E-state index contributed by atoms with van der Waals surface area (Å²) in [7, 11) is 0. The quantitative estimate of drug-likeness (QED) is 0.179. The van der Waals surface area contributed by atoms with Crippen LogP contribution in [0.3, 0.4) is 0 Å². The number of benzene rings is 5. The average molecular weight is 657 g/mol. The largest absolute Gasteiger partial charge is 0.486 e. The molecule has 8 rings (SSSR count). The van der Waals surface area contributed by atoms with Crippen LogP contribution in [-0.2, 0) is 6.42 Å². The molecule has 0 bridgehead atoms. The number of hydrogen-bond acceptors (Lipinski definition) is 3. The molecular weight excluding hydrogens is 621 g/mol. The Morgan fingerprint density at radius 2 is 1.37 bits per heavy atom. The van der Waals surface area contributed by atoms with E-state index in [-0.39, 0.29) is 6.10 Å². The van der Waals surface area contributed by atoms with Gasteiger partial charge in [-0.15, -0.1) is 0 Å². The molecule has 7 aromatic rings. The first-order valence-corrected chi connectivity index (χ1v) is 17.4. The van der Waals surface area contributed by atoms with Crippen molar-refractivity contribution in [1.82, 2.24) is 9.97 Å². The fourth-order valence-corrected chi connectivity index (χ4v) is 6.60. The molecule has 0 radical (unpaired) electrons. The number of aryl methyl sites for hydroxylation is 1. The summed E-state index contributed by atoms with van der Waals surface area (Å²) in [4.78, 5) is 10.4. The standard InChI is InChI=1S/C48H36N2O/c1-33-31-43(36-13-7-4-8-14-36)29-30-44(33)48-47(42-27-22-38(23-28-42)35-11-5-3-6-12-35)50-45(32-49-48)40-24-19-39(20-25-40)37-18-17-34(2)51-46-16-10-9-15-41(46)26-21-37/h3-7,9-13,15-25,27-32,34H,26H2,1-2H3/t34-/m0/s1. The van der Waals surface area contributed by atoms with Crippen LogP contribution in [0.2, 0.25) is 0 Å². The van der Waals surface area contributed by atoms with Gasteiger partial charge in [-0.3, -0.25) is 4.98 Å². The van der Waals surface area contributed by atoms with Gasteiger partial charge in [-0.1, -0.05) is 146 Å². The van der Waals surface area contributed by atoms with Crippen LogP contribution >= 0.6 is 0 Å². The van der Waals surface area contributed by atoms with Crippen molar-refractivity contribution in [1.29, 1.82) is 0 Å². The van der Waals surface area contributed by atoms with Gasteiger partial charge in [0.05, 0.1) is 23.3 Å². The molecular formula is C48H36N2O. The molecule has 1 aromatic heterocycles. The minimum absolute atomic E-state index is 0.0316. The molecule has 2 heterocycles. The van der Waals surface area contributed by atoms with E-state index < -0.39 is 0 Å². The van der Waals surface area contributed by atoms with E-state index in [1.807, 2.05) is 36.5 Å². The lowest BCUT2D eigenvalue weighted by atomic mass is 9.95. The SMILES string of the molecule is Cc1cc(-c2c#cccc2)ccc1-c1ncc(-c2ccc(C3=CCc4ccccc4O[C@@H](C)C=C3)cc2)nc1-c1ccc(-c2ccccc2)cc1. The Labute approximate surface area is 300 Å². The molecule has 0 N–H and O–H groups in total. The summed E-state index contributed by atoms with van der Waals surface area (Å²) in [6, 6.07) is 54.7. The van der Waals surface area contributed by atoms with Crippen LogP contribution in [-0.4, -0.2) is 16.1 Å². The summed E-state index contributed by atoms with van der Waals surface area (Å²) in [5, 5.41) is 0. The molecule has 0 unspecified atom stereocenters. The van der Waals surface area contributed by atoms with Crippen molar-refractivity contribution in [2.45, 2.75) is 26.4 Å². The van der Waals surface area contributed by atoms with Crippen LogP contribution in [0, 0.1) is 19.1 Å². The zero-order valence-electron chi connectivity index (χ0n) is 28.7. The Hall–Kier alpha value is -6.50. The Kier molecular flexibility index (Phi) is 8.81. The average Bonchev–Trinajstić information content (AvgIpc) is 3.27. The third-order valence-corrected chi connectivity index (χ3v) is 9.37. The van der Waals surface area contributed by atoms with Gasteiger partial charge in [-0.25, -0.2) is 4.98 Å². The smallest absolute Gasteiger partial charge is 0.123 e. The molecule has 3 heteroatoms. The molecule has 0 aliphatic carbocycles. The number of hydrogen-bond donors (Lipinski definition) is 0. The van der Waals surface area contributed by atoms with E-state index in [2.05, 4.69) is 153 Å². The molecule has 0 amide bonds. The maximum atomic E-state index is 6.19. The predicted octanol–water partition coefficient (Wildman–Crippen LogP) is 11.7. The van der Waals surface area contributed by atoms with Crippen LogP contribution in [0.5, 0.6) is 5.75 Å². The highest BCUT2D eigenvalue weighted by Crippen LogP contribution is 2.36. The first-order chi connectivity index (χ1) is 25.1. The van der Waals surface area contributed by atoms with Gasteiger partial charge in [0.1, 0.15) is 11.9 Å². The lowest BCUT2D eigenvalue weighted by Crippen LogP contribution is -2.08. The Morgan fingerprint density at radius 3 is 2.16 bits per heavy atom. The predicted molar refractivity (Wildman–Crippen MR) is 209 cm³/mol.